The van der Waals surface area contributed by atoms with Crippen molar-refractivity contribution < 1.29 is 5.11 Å². The molecule has 0 unspecified atom stereocenters. The van der Waals surface area contributed by atoms with Gasteiger partial charge in [-0.05, 0) is 50.8 Å². The van der Waals surface area contributed by atoms with Crippen molar-refractivity contribution in [2.75, 3.05) is 31.6 Å². The summed E-state index contributed by atoms with van der Waals surface area (Å²) in [5, 5.41) is 9.39. The molecule has 1 aliphatic carbocycles. The normalized spacial score (nSPS) is 25.4. The number of pyridine rings is 1. The zero-order valence-electron chi connectivity index (χ0n) is 14.3. The zero-order valence-corrected chi connectivity index (χ0v) is 14.3. The number of rotatable bonds is 4. The van der Waals surface area contributed by atoms with Gasteiger partial charge in [-0.25, -0.2) is 4.98 Å². The van der Waals surface area contributed by atoms with Gasteiger partial charge in [0.05, 0.1) is 6.10 Å². The molecule has 2 heterocycles. The summed E-state index contributed by atoms with van der Waals surface area (Å²) in [6.07, 6.45) is 6.24. The molecule has 3 rings (SSSR count). The molecule has 0 spiro atoms. The van der Waals surface area contributed by atoms with Crippen molar-refractivity contribution in [2.45, 2.75) is 51.7 Å². The van der Waals surface area contributed by atoms with Crippen molar-refractivity contribution in [3.63, 3.8) is 0 Å². The Labute approximate surface area is 135 Å². The summed E-state index contributed by atoms with van der Waals surface area (Å²) in [4.78, 5) is 9.28. The number of nitrogens with zero attached hydrogens (tertiary/aromatic N) is 3. The summed E-state index contributed by atoms with van der Waals surface area (Å²) in [5.41, 5.74) is 0. The molecule has 0 radical (unpaired) electrons. The van der Waals surface area contributed by atoms with Gasteiger partial charge < -0.3 is 14.9 Å². The van der Waals surface area contributed by atoms with Gasteiger partial charge in [-0.15, -0.1) is 0 Å². The van der Waals surface area contributed by atoms with E-state index in [2.05, 4.69) is 34.0 Å². The highest BCUT2D eigenvalue weighted by Gasteiger charge is 2.32. The molecule has 1 aromatic rings. The highest BCUT2D eigenvalue weighted by atomic mass is 16.3. The van der Waals surface area contributed by atoms with Gasteiger partial charge in [0.25, 0.3) is 0 Å². The monoisotopic (exact) mass is 305 g/mol. The minimum absolute atomic E-state index is 0.0477. The SMILES string of the molecule is CC.CN(CC1CCN(c2ccccn2)CC1)C1CC(O)C1. The number of aliphatic hydroxyl groups is 1. The molecule has 1 aliphatic heterocycles. The van der Waals surface area contributed by atoms with Crippen LogP contribution in [0.3, 0.4) is 0 Å². The van der Waals surface area contributed by atoms with E-state index in [1.54, 1.807) is 0 Å². The van der Waals surface area contributed by atoms with E-state index in [0.717, 1.165) is 37.7 Å². The molecule has 4 heteroatoms. The Morgan fingerprint density at radius 3 is 2.45 bits per heavy atom. The van der Waals surface area contributed by atoms with Crippen LogP contribution >= 0.6 is 0 Å². The lowest BCUT2D eigenvalue weighted by Gasteiger charge is -2.41. The maximum atomic E-state index is 9.39. The standard InChI is InChI=1S/C16H25N3O.C2H6/c1-18(14-10-15(20)11-14)12-13-5-8-19(9-6-13)16-4-2-3-7-17-16;1-2/h2-4,7,13-15,20H,5-6,8-12H2,1H3;1-2H3. The first-order valence-electron chi connectivity index (χ1n) is 8.76. The van der Waals surface area contributed by atoms with E-state index in [9.17, 15) is 5.11 Å². The molecule has 2 fully saturated rings. The molecule has 0 amide bonds. The summed E-state index contributed by atoms with van der Waals surface area (Å²) in [6, 6.07) is 6.74. The molecule has 1 N–H and O–H groups in total. The zero-order chi connectivity index (χ0) is 15.9. The molecule has 4 nitrogen and oxygen atoms in total. The molecule has 0 atom stereocenters. The van der Waals surface area contributed by atoms with E-state index >= 15 is 0 Å². The minimum Gasteiger partial charge on any atom is -0.393 e. The predicted octanol–water partition coefficient (Wildman–Crippen LogP) is 2.78. The van der Waals surface area contributed by atoms with E-state index in [-0.39, 0.29) is 6.10 Å². The van der Waals surface area contributed by atoms with Crippen LogP contribution < -0.4 is 4.90 Å². The highest BCUT2D eigenvalue weighted by Crippen LogP contribution is 2.27. The Morgan fingerprint density at radius 1 is 1.23 bits per heavy atom. The van der Waals surface area contributed by atoms with Crippen molar-refractivity contribution in [1.29, 1.82) is 0 Å². The number of hydrogen-bond acceptors (Lipinski definition) is 4. The minimum atomic E-state index is -0.0477. The number of hydrogen-bond donors (Lipinski definition) is 1. The lowest BCUT2D eigenvalue weighted by Crippen LogP contribution is -2.48. The van der Waals surface area contributed by atoms with Gasteiger partial charge in [-0.1, -0.05) is 19.9 Å². The Balaban J connectivity index is 0.000000847. The van der Waals surface area contributed by atoms with E-state index in [1.165, 1.54) is 19.4 Å². The third kappa shape index (κ3) is 4.43. The molecule has 0 aromatic carbocycles. The van der Waals surface area contributed by atoms with Crippen molar-refractivity contribution in [2.24, 2.45) is 5.92 Å². The molecule has 2 aliphatic rings. The highest BCUT2D eigenvalue weighted by molar-refractivity contribution is 5.37. The first-order chi connectivity index (χ1) is 10.7. The van der Waals surface area contributed by atoms with Crippen LogP contribution in [0, 0.1) is 5.92 Å². The van der Waals surface area contributed by atoms with Crippen molar-refractivity contribution in [3.8, 4) is 0 Å². The van der Waals surface area contributed by atoms with Crippen LogP contribution in [0.15, 0.2) is 24.4 Å². The largest absolute Gasteiger partial charge is 0.393 e. The molecule has 1 saturated carbocycles. The van der Waals surface area contributed by atoms with Gasteiger partial charge in [0.15, 0.2) is 0 Å². The average Bonchev–Trinajstić information content (AvgIpc) is 2.55. The molecule has 22 heavy (non-hydrogen) atoms. The third-order valence-corrected chi connectivity index (χ3v) is 4.85. The fourth-order valence-electron chi connectivity index (χ4n) is 3.36. The molecule has 1 saturated heterocycles. The summed E-state index contributed by atoms with van der Waals surface area (Å²) >= 11 is 0. The third-order valence-electron chi connectivity index (χ3n) is 4.85. The van der Waals surface area contributed by atoms with Gasteiger partial charge >= 0.3 is 0 Å². The summed E-state index contributed by atoms with van der Waals surface area (Å²) in [6.45, 7) is 7.40. The smallest absolute Gasteiger partial charge is 0.128 e. The van der Waals surface area contributed by atoms with Crippen LogP contribution in [-0.4, -0.2) is 53.8 Å². The Morgan fingerprint density at radius 2 is 1.91 bits per heavy atom. The number of anilines is 1. The van der Waals surface area contributed by atoms with Gasteiger partial charge in [0, 0.05) is 31.9 Å². The molecule has 0 bridgehead atoms. The van der Waals surface area contributed by atoms with E-state index in [0.29, 0.717) is 6.04 Å². The summed E-state index contributed by atoms with van der Waals surface area (Å²) in [5.74, 6) is 1.90. The van der Waals surface area contributed by atoms with Crippen molar-refractivity contribution in [3.05, 3.63) is 24.4 Å². The Hall–Kier alpha value is -1.13. The number of aliphatic hydroxyl groups excluding tert-OH is 1. The van der Waals surface area contributed by atoms with E-state index in [4.69, 9.17) is 0 Å². The van der Waals surface area contributed by atoms with Crippen LogP contribution in [0.2, 0.25) is 0 Å². The second-order valence-electron chi connectivity index (χ2n) is 6.34. The van der Waals surface area contributed by atoms with Crippen LogP contribution in [0.5, 0.6) is 0 Å². The maximum absolute atomic E-state index is 9.39. The first kappa shape index (κ1) is 17.2. The summed E-state index contributed by atoms with van der Waals surface area (Å²) < 4.78 is 0. The summed E-state index contributed by atoms with van der Waals surface area (Å²) in [7, 11) is 2.21. The lowest BCUT2D eigenvalue weighted by molar-refractivity contribution is 0.00564. The fraction of sp³-hybridized carbons (Fsp3) is 0.722. The van der Waals surface area contributed by atoms with E-state index < -0.39 is 0 Å². The van der Waals surface area contributed by atoms with Gasteiger partial charge in [0.2, 0.25) is 0 Å². The maximum Gasteiger partial charge on any atom is 0.128 e. The predicted molar refractivity (Wildman–Crippen MR) is 92.2 cm³/mol. The molecule has 124 valence electrons. The van der Waals surface area contributed by atoms with Crippen molar-refractivity contribution in [1.82, 2.24) is 9.88 Å². The number of piperidine rings is 1. The fourth-order valence-corrected chi connectivity index (χ4v) is 3.36. The topological polar surface area (TPSA) is 39.6 Å². The Kier molecular flexibility index (Phi) is 6.65. The van der Waals surface area contributed by atoms with Gasteiger partial charge in [0.1, 0.15) is 5.82 Å². The molecular formula is C18H31N3O. The first-order valence-corrected chi connectivity index (χ1v) is 8.76. The van der Waals surface area contributed by atoms with Crippen LogP contribution in [0.1, 0.15) is 39.5 Å². The quantitative estimate of drug-likeness (QED) is 0.928. The molecule has 1 aromatic heterocycles. The lowest BCUT2D eigenvalue weighted by atomic mass is 9.87. The number of aromatic nitrogens is 1. The average molecular weight is 305 g/mol. The van der Waals surface area contributed by atoms with Crippen LogP contribution in [0.4, 0.5) is 5.82 Å². The second kappa shape index (κ2) is 8.49. The second-order valence-corrected chi connectivity index (χ2v) is 6.34. The van der Waals surface area contributed by atoms with E-state index in [1.807, 2.05) is 26.1 Å². The Bertz CT molecular complexity index is 412. The van der Waals surface area contributed by atoms with Crippen LogP contribution in [-0.2, 0) is 0 Å². The van der Waals surface area contributed by atoms with Crippen LogP contribution in [0.25, 0.3) is 0 Å². The van der Waals surface area contributed by atoms with Crippen molar-refractivity contribution >= 4 is 5.82 Å². The molecular weight excluding hydrogens is 274 g/mol. The van der Waals surface area contributed by atoms with Gasteiger partial charge in [-0.2, -0.15) is 0 Å². The van der Waals surface area contributed by atoms with Gasteiger partial charge in [-0.3, -0.25) is 0 Å².